The van der Waals surface area contributed by atoms with Crippen molar-refractivity contribution in [2.45, 2.75) is 0 Å². The number of halogens is 2. The van der Waals surface area contributed by atoms with Crippen LogP contribution in [0.5, 0.6) is 0 Å². The monoisotopic (exact) mass is 352 g/mol. The number of carbonyl (C=O) groups excluding carboxylic acids is 2. The van der Waals surface area contributed by atoms with Gasteiger partial charge in [0.1, 0.15) is 11.6 Å². The average molecular weight is 352 g/mol. The first-order valence-electron chi connectivity index (χ1n) is 7.75. The van der Waals surface area contributed by atoms with E-state index in [0.29, 0.717) is 11.3 Å². The number of nitrogens with one attached hydrogen (secondary N) is 2. The van der Waals surface area contributed by atoms with E-state index in [2.05, 4.69) is 10.6 Å². The molecule has 0 fully saturated rings. The fourth-order valence-corrected chi connectivity index (χ4v) is 2.33. The lowest BCUT2D eigenvalue weighted by atomic mass is 10.1. The smallest absolute Gasteiger partial charge is 0.255 e. The van der Waals surface area contributed by atoms with Crippen LogP contribution in [0.15, 0.2) is 72.8 Å². The van der Waals surface area contributed by atoms with Gasteiger partial charge in [-0.2, -0.15) is 0 Å². The van der Waals surface area contributed by atoms with Gasteiger partial charge in [-0.15, -0.1) is 0 Å². The Balaban J connectivity index is 1.67. The SMILES string of the molecule is O=C(Nc1ccc(C(=O)Nc2cc(F)cc(F)c2)cc1)c1ccccc1. The van der Waals surface area contributed by atoms with Gasteiger partial charge in [0.25, 0.3) is 11.8 Å². The third-order valence-electron chi connectivity index (χ3n) is 3.56. The van der Waals surface area contributed by atoms with E-state index in [9.17, 15) is 18.4 Å². The Morgan fingerprint density at radius 2 is 1.12 bits per heavy atom. The molecule has 0 saturated heterocycles. The number of hydrogen-bond acceptors (Lipinski definition) is 2. The first-order valence-corrected chi connectivity index (χ1v) is 7.75. The quantitative estimate of drug-likeness (QED) is 0.728. The highest BCUT2D eigenvalue weighted by atomic mass is 19.1. The molecule has 0 aliphatic heterocycles. The van der Waals surface area contributed by atoms with Gasteiger partial charge in [-0.1, -0.05) is 18.2 Å². The summed E-state index contributed by atoms with van der Waals surface area (Å²) in [5.74, 6) is -2.34. The Bertz CT molecular complexity index is 922. The van der Waals surface area contributed by atoms with Crippen LogP contribution in [0.4, 0.5) is 20.2 Å². The van der Waals surface area contributed by atoms with E-state index in [1.54, 1.807) is 36.4 Å². The van der Waals surface area contributed by atoms with Crippen molar-refractivity contribution in [1.29, 1.82) is 0 Å². The van der Waals surface area contributed by atoms with Crippen molar-refractivity contribution < 1.29 is 18.4 Å². The minimum absolute atomic E-state index is 0.0222. The van der Waals surface area contributed by atoms with E-state index >= 15 is 0 Å². The summed E-state index contributed by atoms with van der Waals surface area (Å²) >= 11 is 0. The standard InChI is InChI=1S/C20H14F2N2O2/c21-15-10-16(22)12-18(11-15)24-20(26)14-6-8-17(9-7-14)23-19(25)13-4-2-1-3-5-13/h1-12H,(H,23,25)(H,24,26). The summed E-state index contributed by atoms with van der Waals surface area (Å²) in [5.41, 5.74) is 1.34. The van der Waals surface area contributed by atoms with Crippen molar-refractivity contribution in [2.24, 2.45) is 0 Å². The van der Waals surface area contributed by atoms with Crippen LogP contribution < -0.4 is 10.6 Å². The summed E-state index contributed by atoms with van der Waals surface area (Å²) in [6, 6.07) is 17.6. The number of anilines is 2. The second-order valence-corrected chi connectivity index (χ2v) is 5.51. The summed E-state index contributed by atoms with van der Waals surface area (Å²) in [4.78, 5) is 24.2. The molecule has 0 saturated carbocycles. The molecule has 3 rings (SSSR count). The predicted octanol–water partition coefficient (Wildman–Crippen LogP) is 4.47. The highest BCUT2D eigenvalue weighted by Gasteiger charge is 2.09. The summed E-state index contributed by atoms with van der Waals surface area (Å²) in [6.07, 6.45) is 0. The molecular formula is C20H14F2N2O2. The Morgan fingerprint density at radius 3 is 1.69 bits per heavy atom. The van der Waals surface area contributed by atoms with E-state index in [0.717, 1.165) is 18.2 Å². The number of hydrogen-bond donors (Lipinski definition) is 2. The van der Waals surface area contributed by atoms with Gasteiger partial charge in [0.05, 0.1) is 0 Å². The van der Waals surface area contributed by atoms with Crippen LogP contribution in [0, 0.1) is 11.6 Å². The van der Waals surface area contributed by atoms with Crippen LogP contribution in [-0.4, -0.2) is 11.8 Å². The highest BCUT2D eigenvalue weighted by molar-refractivity contribution is 6.06. The lowest BCUT2D eigenvalue weighted by molar-refractivity contribution is 0.102. The second kappa shape index (κ2) is 7.57. The lowest BCUT2D eigenvalue weighted by Crippen LogP contribution is -2.14. The van der Waals surface area contributed by atoms with Crippen molar-refractivity contribution in [3.8, 4) is 0 Å². The highest BCUT2D eigenvalue weighted by Crippen LogP contribution is 2.16. The number of rotatable bonds is 4. The maximum atomic E-state index is 13.2. The molecule has 0 heterocycles. The van der Waals surface area contributed by atoms with Crippen LogP contribution in [0.1, 0.15) is 20.7 Å². The third kappa shape index (κ3) is 4.30. The topological polar surface area (TPSA) is 58.2 Å². The molecule has 26 heavy (non-hydrogen) atoms. The molecule has 0 aliphatic rings. The maximum absolute atomic E-state index is 13.2. The summed E-state index contributed by atoms with van der Waals surface area (Å²) in [7, 11) is 0. The van der Waals surface area contributed by atoms with Crippen LogP contribution in [-0.2, 0) is 0 Å². The summed E-state index contributed by atoms with van der Waals surface area (Å²) in [6.45, 7) is 0. The molecule has 2 N–H and O–H groups in total. The minimum atomic E-state index is -0.778. The molecule has 0 aromatic heterocycles. The predicted molar refractivity (Wildman–Crippen MR) is 95.1 cm³/mol. The number of amides is 2. The van der Waals surface area contributed by atoms with Crippen molar-refractivity contribution >= 4 is 23.2 Å². The Morgan fingerprint density at radius 1 is 0.615 bits per heavy atom. The molecule has 0 unspecified atom stereocenters. The normalized spacial score (nSPS) is 10.2. The Labute approximate surface area is 148 Å². The fraction of sp³-hybridized carbons (Fsp3) is 0. The molecule has 130 valence electrons. The van der Waals surface area contributed by atoms with Gasteiger partial charge in [0, 0.05) is 28.6 Å². The molecule has 2 amide bonds. The van der Waals surface area contributed by atoms with Crippen LogP contribution in [0.25, 0.3) is 0 Å². The van der Waals surface area contributed by atoms with E-state index in [1.165, 1.54) is 12.1 Å². The molecule has 3 aromatic rings. The van der Waals surface area contributed by atoms with E-state index < -0.39 is 17.5 Å². The molecule has 0 spiro atoms. The molecule has 3 aromatic carbocycles. The molecule has 0 aliphatic carbocycles. The van der Waals surface area contributed by atoms with Crippen molar-refractivity contribution in [2.75, 3.05) is 10.6 Å². The summed E-state index contributed by atoms with van der Waals surface area (Å²) in [5, 5.41) is 5.14. The number of benzene rings is 3. The van der Waals surface area contributed by atoms with Gasteiger partial charge in [-0.25, -0.2) is 8.78 Å². The van der Waals surface area contributed by atoms with Crippen LogP contribution in [0.2, 0.25) is 0 Å². The van der Waals surface area contributed by atoms with Gasteiger partial charge >= 0.3 is 0 Å². The second-order valence-electron chi connectivity index (χ2n) is 5.51. The molecule has 6 heteroatoms. The van der Waals surface area contributed by atoms with Crippen LogP contribution in [0.3, 0.4) is 0 Å². The largest absolute Gasteiger partial charge is 0.322 e. The lowest BCUT2D eigenvalue weighted by Gasteiger charge is -2.08. The van der Waals surface area contributed by atoms with Crippen LogP contribution >= 0.6 is 0 Å². The molecule has 0 atom stereocenters. The van der Waals surface area contributed by atoms with E-state index in [-0.39, 0.29) is 17.2 Å². The summed E-state index contributed by atoms with van der Waals surface area (Å²) < 4.78 is 26.3. The first kappa shape index (κ1) is 17.3. The van der Waals surface area contributed by atoms with Gasteiger partial charge in [-0.05, 0) is 48.5 Å². The Hall–Kier alpha value is -3.54. The van der Waals surface area contributed by atoms with Gasteiger partial charge < -0.3 is 10.6 Å². The Kier molecular flexibility index (Phi) is 5.03. The zero-order chi connectivity index (χ0) is 18.5. The molecular weight excluding hydrogens is 338 g/mol. The molecule has 4 nitrogen and oxygen atoms in total. The zero-order valence-corrected chi connectivity index (χ0v) is 13.5. The van der Waals surface area contributed by atoms with Crippen molar-refractivity contribution in [3.05, 3.63) is 95.6 Å². The average Bonchev–Trinajstić information content (AvgIpc) is 2.62. The first-order chi connectivity index (χ1) is 12.5. The zero-order valence-electron chi connectivity index (χ0n) is 13.5. The fourth-order valence-electron chi connectivity index (χ4n) is 2.33. The number of carbonyl (C=O) groups is 2. The molecule has 0 radical (unpaired) electrons. The van der Waals surface area contributed by atoms with E-state index in [4.69, 9.17) is 0 Å². The van der Waals surface area contributed by atoms with E-state index in [1.807, 2.05) is 6.07 Å². The van der Waals surface area contributed by atoms with Gasteiger partial charge in [-0.3, -0.25) is 9.59 Å². The minimum Gasteiger partial charge on any atom is -0.322 e. The van der Waals surface area contributed by atoms with Gasteiger partial charge in [0.2, 0.25) is 0 Å². The third-order valence-corrected chi connectivity index (χ3v) is 3.56. The van der Waals surface area contributed by atoms with Gasteiger partial charge in [0.15, 0.2) is 0 Å². The van der Waals surface area contributed by atoms with Crippen molar-refractivity contribution in [1.82, 2.24) is 0 Å². The van der Waals surface area contributed by atoms with Crippen molar-refractivity contribution in [3.63, 3.8) is 0 Å². The maximum Gasteiger partial charge on any atom is 0.255 e. The molecule has 0 bridgehead atoms.